The number of rotatable bonds is 6. The molecule has 192 valence electrons. The normalized spacial score (nSPS) is 19.8. The SMILES string of the molecule is CC(C)C#Cc1cnc2c(c1)C(=O)N([C@@H](C)CO)C[C@@H](C)[C@H](CN(C)Cc1ccc3c(c1)OCO3)O2. The predicted molar refractivity (Wildman–Crippen MR) is 136 cm³/mol. The van der Waals surface area contributed by atoms with Gasteiger partial charge in [0.25, 0.3) is 5.91 Å². The van der Waals surface area contributed by atoms with Gasteiger partial charge >= 0.3 is 0 Å². The number of fused-ring (bicyclic) bond motifs is 2. The fourth-order valence-electron chi connectivity index (χ4n) is 4.34. The minimum Gasteiger partial charge on any atom is -0.472 e. The molecule has 1 N–H and O–H groups in total. The largest absolute Gasteiger partial charge is 0.472 e. The fraction of sp³-hybridized carbons (Fsp3) is 0.500. The molecule has 1 aromatic heterocycles. The van der Waals surface area contributed by atoms with E-state index in [0.717, 1.165) is 17.1 Å². The summed E-state index contributed by atoms with van der Waals surface area (Å²) in [6, 6.07) is 7.39. The second kappa shape index (κ2) is 11.2. The molecule has 1 amide bonds. The van der Waals surface area contributed by atoms with E-state index in [-0.39, 0.29) is 43.3 Å². The summed E-state index contributed by atoms with van der Waals surface area (Å²) in [5.41, 5.74) is 2.15. The Bertz CT molecular complexity index is 1160. The molecule has 0 unspecified atom stereocenters. The molecule has 2 aliphatic heterocycles. The van der Waals surface area contributed by atoms with E-state index >= 15 is 0 Å². The van der Waals surface area contributed by atoms with Crippen molar-refractivity contribution in [2.75, 3.05) is 33.5 Å². The van der Waals surface area contributed by atoms with Crippen LogP contribution in [-0.4, -0.2) is 71.5 Å². The number of hydrogen-bond acceptors (Lipinski definition) is 7. The van der Waals surface area contributed by atoms with Crippen LogP contribution in [0.1, 0.15) is 49.2 Å². The van der Waals surface area contributed by atoms with Crippen LogP contribution in [0.25, 0.3) is 0 Å². The fourth-order valence-corrected chi connectivity index (χ4v) is 4.34. The Morgan fingerprint density at radius 3 is 2.75 bits per heavy atom. The van der Waals surface area contributed by atoms with E-state index < -0.39 is 0 Å². The summed E-state index contributed by atoms with van der Waals surface area (Å²) in [6.45, 7) is 9.86. The lowest BCUT2D eigenvalue weighted by molar-refractivity contribution is 0.0325. The molecule has 0 spiro atoms. The Labute approximate surface area is 213 Å². The van der Waals surface area contributed by atoms with E-state index in [1.807, 2.05) is 46.0 Å². The van der Waals surface area contributed by atoms with Crippen LogP contribution in [-0.2, 0) is 6.54 Å². The summed E-state index contributed by atoms with van der Waals surface area (Å²) in [4.78, 5) is 21.9. The van der Waals surface area contributed by atoms with Gasteiger partial charge in [0, 0.05) is 43.2 Å². The van der Waals surface area contributed by atoms with Gasteiger partial charge in [0.05, 0.1) is 12.6 Å². The van der Waals surface area contributed by atoms with E-state index in [0.29, 0.717) is 36.6 Å². The monoisotopic (exact) mass is 493 g/mol. The molecule has 8 nitrogen and oxygen atoms in total. The zero-order valence-corrected chi connectivity index (χ0v) is 21.7. The third-order valence-corrected chi connectivity index (χ3v) is 6.41. The number of benzene rings is 1. The van der Waals surface area contributed by atoms with Crippen LogP contribution < -0.4 is 14.2 Å². The zero-order chi connectivity index (χ0) is 25.8. The molecule has 0 bridgehead atoms. The van der Waals surface area contributed by atoms with Gasteiger partial charge in [0.1, 0.15) is 11.7 Å². The van der Waals surface area contributed by atoms with Gasteiger partial charge in [-0.15, -0.1) is 0 Å². The van der Waals surface area contributed by atoms with Crippen molar-refractivity contribution in [2.45, 2.75) is 46.4 Å². The van der Waals surface area contributed by atoms with Crippen molar-refractivity contribution < 1.29 is 24.1 Å². The third kappa shape index (κ3) is 5.92. The topological polar surface area (TPSA) is 84.4 Å². The number of ether oxygens (including phenoxy) is 3. The van der Waals surface area contributed by atoms with Gasteiger partial charge in [-0.3, -0.25) is 9.69 Å². The number of aliphatic hydroxyl groups excluding tert-OH is 1. The molecule has 0 saturated heterocycles. The maximum atomic E-state index is 13.5. The van der Waals surface area contributed by atoms with Crippen molar-refractivity contribution >= 4 is 5.91 Å². The molecule has 0 radical (unpaired) electrons. The Morgan fingerprint density at radius 1 is 1.22 bits per heavy atom. The van der Waals surface area contributed by atoms with E-state index in [1.165, 1.54) is 0 Å². The zero-order valence-electron chi connectivity index (χ0n) is 21.7. The van der Waals surface area contributed by atoms with Crippen LogP contribution in [0.2, 0.25) is 0 Å². The van der Waals surface area contributed by atoms with Gasteiger partial charge in [-0.05, 0) is 37.7 Å². The smallest absolute Gasteiger partial charge is 0.259 e. The lowest BCUT2D eigenvalue weighted by Crippen LogP contribution is -2.49. The average Bonchev–Trinajstić information content (AvgIpc) is 3.32. The molecule has 4 rings (SSSR count). The number of likely N-dealkylation sites (N-methyl/N-ethyl adjacent to an activating group) is 1. The lowest BCUT2D eigenvalue weighted by Gasteiger charge is -2.37. The molecular formula is C28H35N3O5. The quantitative estimate of drug-likeness (QED) is 0.619. The number of hydrogen-bond donors (Lipinski definition) is 1. The van der Waals surface area contributed by atoms with E-state index in [4.69, 9.17) is 14.2 Å². The Morgan fingerprint density at radius 2 is 2.00 bits per heavy atom. The number of amides is 1. The second-order valence-corrected chi connectivity index (χ2v) is 10.0. The standard InChI is InChI=1S/C28H35N3O5/c1-18(2)6-7-21-10-23-27(29-12-21)36-26(19(3)13-31(28(23)33)20(4)16-32)15-30(5)14-22-8-9-24-25(11-22)35-17-34-24/h8-12,18-20,26,32H,13-17H2,1-5H3/t19-,20+,26+/m1/s1. The van der Waals surface area contributed by atoms with E-state index in [1.54, 1.807) is 17.2 Å². The van der Waals surface area contributed by atoms with Crippen molar-refractivity contribution in [1.29, 1.82) is 0 Å². The summed E-state index contributed by atoms with van der Waals surface area (Å²) in [6.07, 6.45) is 1.44. The highest BCUT2D eigenvalue weighted by Gasteiger charge is 2.34. The van der Waals surface area contributed by atoms with Crippen LogP contribution in [0.15, 0.2) is 30.5 Å². The van der Waals surface area contributed by atoms with Gasteiger partial charge in [-0.25, -0.2) is 4.98 Å². The lowest BCUT2D eigenvalue weighted by atomic mass is 9.99. The van der Waals surface area contributed by atoms with Crippen LogP contribution in [0, 0.1) is 23.7 Å². The molecule has 0 fully saturated rings. The van der Waals surface area contributed by atoms with Crippen LogP contribution in [0.4, 0.5) is 0 Å². The van der Waals surface area contributed by atoms with Gasteiger partial charge in [-0.1, -0.05) is 38.7 Å². The van der Waals surface area contributed by atoms with Crippen LogP contribution in [0.5, 0.6) is 17.4 Å². The van der Waals surface area contributed by atoms with Crippen LogP contribution >= 0.6 is 0 Å². The molecule has 2 aliphatic rings. The summed E-state index contributed by atoms with van der Waals surface area (Å²) < 4.78 is 17.3. The Kier molecular flexibility index (Phi) is 8.02. The predicted octanol–water partition coefficient (Wildman–Crippen LogP) is 3.17. The first kappa shape index (κ1) is 25.8. The maximum Gasteiger partial charge on any atom is 0.259 e. The first-order chi connectivity index (χ1) is 17.2. The highest BCUT2D eigenvalue weighted by Crippen LogP contribution is 2.33. The summed E-state index contributed by atoms with van der Waals surface area (Å²) >= 11 is 0. The van der Waals surface area contributed by atoms with Crippen molar-refractivity contribution in [3.63, 3.8) is 0 Å². The molecule has 2 aromatic rings. The molecule has 0 saturated carbocycles. The number of aliphatic hydroxyl groups is 1. The molecule has 1 aromatic carbocycles. The highest BCUT2D eigenvalue weighted by molar-refractivity contribution is 5.97. The molecule has 3 heterocycles. The number of carbonyl (C=O) groups is 1. The third-order valence-electron chi connectivity index (χ3n) is 6.41. The average molecular weight is 494 g/mol. The van der Waals surface area contributed by atoms with Crippen molar-refractivity contribution in [3.05, 3.63) is 47.2 Å². The number of pyridine rings is 1. The highest BCUT2D eigenvalue weighted by atomic mass is 16.7. The molecule has 0 aliphatic carbocycles. The van der Waals surface area contributed by atoms with Gasteiger partial charge in [-0.2, -0.15) is 0 Å². The van der Waals surface area contributed by atoms with Gasteiger partial charge < -0.3 is 24.2 Å². The van der Waals surface area contributed by atoms with Crippen LogP contribution in [0.3, 0.4) is 0 Å². The molecular weight excluding hydrogens is 458 g/mol. The molecule has 8 heteroatoms. The van der Waals surface area contributed by atoms with Gasteiger partial charge in [0.2, 0.25) is 12.7 Å². The molecule has 3 atom stereocenters. The van der Waals surface area contributed by atoms with E-state index in [2.05, 4.69) is 28.6 Å². The number of carbonyl (C=O) groups excluding carboxylic acids is 1. The minimum absolute atomic E-state index is 0.0116. The van der Waals surface area contributed by atoms with Crippen molar-refractivity contribution in [3.8, 4) is 29.2 Å². The summed E-state index contributed by atoms with van der Waals surface area (Å²) in [7, 11) is 2.04. The number of aromatic nitrogens is 1. The van der Waals surface area contributed by atoms with E-state index in [9.17, 15) is 9.90 Å². The van der Waals surface area contributed by atoms with Crippen molar-refractivity contribution in [1.82, 2.24) is 14.8 Å². The Hall–Kier alpha value is -3.28. The second-order valence-electron chi connectivity index (χ2n) is 10.0. The maximum absolute atomic E-state index is 13.5. The minimum atomic E-state index is -0.330. The Balaban J connectivity index is 1.58. The first-order valence-electron chi connectivity index (χ1n) is 12.4. The first-order valence-corrected chi connectivity index (χ1v) is 12.4. The molecule has 36 heavy (non-hydrogen) atoms. The number of nitrogens with zero attached hydrogens (tertiary/aromatic N) is 3. The van der Waals surface area contributed by atoms with Gasteiger partial charge in [0.15, 0.2) is 11.5 Å². The summed E-state index contributed by atoms with van der Waals surface area (Å²) in [5.74, 6) is 8.05. The summed E-state index contributed by atoms with van der Waals surface area (Å²) in [5, 5.41) is 9.85. The van der Waals surface area contributed by atoms with Crippen molar-refractivity contribution in [2.24, 2.45) is 11.8 Å².